The first-order valence-electron chi connectivity index (χ1n) is 9.08. The van der Waals surface area contributed by atoms with Crippen LogP contribution in [0.25, 0.3) is 21.5 Å². The fraction of sp³-hybridized carbons (Fsp3) is 0.200. The fourth-order valence-corrected chi connectivity index (χ4v) is 4.82. The van der Waals surface area contributed by atoms with E-state index in [0.29, 0.717) is 4.88 Å². The summed E-state index contributed by atoms with van der Waals surface area (Å²) in [6, 6.07) is 8.05. The van der Waals surface area contributed by atoms with Crippen molar-refractivity contribution in [2.45, 2.75) is 24.9 Å². The van der Waals surface area contributed by atoms with Crippen molar-refractivity contribution in [3.05, 3.63) is 58.2 Å². The first-order chi connectivity index (χ1) is 14.4. The lowest BCUT2D eigenvalue weighted by Gasteiger charge is -2.09. The highest BCUT2D eigenvalue weighted by atomic mass is 32.1. The number of amides is 1. The molecular weight excluding hydrogens is 433 g/mol. The van der Waals surface area contributed by atoms with E-state index in [0.717, 1.165) is 63.7 Å². The van der Waals surface area contributed by atoms with E-state index in [9.17, 15) is 18.0 Å². The Bertz CT molecular complexity index is 1260. The van der Waals surface area contributed by atoms with Gasteiger partial charge in [0.2, 0.25) is 0 Å². The van der Waals surface area contributed by atoms with Gasteiger partial charge in [-0.05, 0) is 54.6 Å². The average molecular weight is 446 g/mol. The maximum absolute atomic E-state index is 12.9. The molecule has 1 saturated carbocycles. The molecule has 1 fully saturated rings. The second-order valence-electron chi connectivity index (χ2n) is 6.96. The summed E-state index contributed by atoms with van der Waals surface area (Å²) >= 11 is 2.62. The summed E-state index contributed by atoms with van der Waals surface area (Å²) in [7, 11) is 0. The van der Waals surface area contributed by atoms with Crippen LogP contribution in [0.4, 0.5) is 18.9 Å². The molecule has 3 aromatic heterocycles. The van der Waals surface area contributed by atoms with Gasteiger partial charge in [-0.2, -0.15) is 17.5 Å². The van der Waals surface area contributed by atoms with Crippen LogP contribution in [0.5, 0.6) is 0 Å². The van der Waals surface area contributed by atoms with E-state index in [1.54, 1.807) is 16.8 Å². The SMILES string of the molecule is O=C(Nc1ccnc(C(F)(F)F)c1)c1snc(-c2ccc3scnc3c2)c1C1CC1. The highest BCUT2D eigenvalue weighted by molar-refractivity contribution is 7.16. The Balaban J connectivity index is 1.48. The third kappa shape index (κ3) is 3.56. The van der Waals surface area contributed by atoms with Gasteiger partial charge >= 0.3 is 6.18 Å². The molecule has 0 atom stereocenters. The molecule has 1 aliphatic carbocycles. The third-order valence-corrected chi connectivity index (χ3v) is 6.50. The summed E-state index contributed by atoms with van der Waals surface area (Å²) < 4.78 is 44.3. The molecule has 0 bridgehead atoms. The van der Waals surface area contributed by atoms with Crippen LogP contribution < -0.4 is 5.32 Å². The molecule has 1 aliphatic rings. The molecule has 3 heterocycles. The van der Waals surface area contributed by atoms with E-state index in [2.05, 4.69) is 19.7 Å². The number of carbonyl (C=O) groups is 1. The van der Waals surface area contributed by atoms with Crippen molar-refractivity contribution < 1.29 is 18.0 Å². The van der Waals surface area contributed by atoms with Gasteiger partial charge in [-0.15, -0.1) is 11.3 Å². The summed E-state index contributed by atoms with van der Waals surface area (Å²) in [6.45, 7) is 0. The summed E-state index contributed by atoms with van der Waals surface area (Å²) in [6.07, 6.45) is -1.64. The molecule has 1 N–H and O–H groups in total. The van der Waals surface area contributed by atoms with Gasteiger partial charge in [0.05, 0.1) is 21.4 Å². The molecule has 0 spiro atoms. The van der Waals surface area contributed by atoms with Crippen molar-refractivity contribution in [1.82, 2.24) is 14.3 Å². The molecule has 152 valence electrons. The molecule has 0 radical (unpaired) electrons. The molecule has 5 rings (SSSR count). The number of hydrogen-bond donors (Lipinski definition) is 1. The van der Waals surface area contributed by atoms with Gasteiger partial charge in [0.25, 0.3) is 5.91 Å². The molecular formula is C20H13F3N4OS2. The standard InChI is InChI=1S/C20H13F3N4OS2/c21-20(22,23)15-8-12(5-6-24-15)26-19(28)18-16(10-1-2-10)17(27-30-18)11-3-4-14-13(7-11)25-9-29-14/h3-10H,1-2H2,(H,24,26,28). The van der Waals surface area contributed by atoms with E-state index in [4.69, 9.17) is 0 Å². The van der Waals surface area contributed by atoms with Crippen molar-refractivity contribution in [2.75, 3.05) is 5.32 Å². The smallest absolute Gasteiger partial charge is 0.321 e. The number of benzene rings is 1. The number of halogens is 3. The number of aromatic nitrogens is 3. The molecule has 1 aromatic carbocycles. The lowest BCUT2D eigenvalue weighted by Crippen LogP contribution is -2.14. The van der Waals surface area contributed by atoms with Crippen LogP contribution in [-0.4, -0.2) is 20.2 Å². The number of fused-ring (bicyclic) bond motifs is 1. The average Bonchev–Trinajstić information content (AvgIpc) is 3.27. The number of pyridine rings is 1. The topological polar surface area (TPSA) is 67.8 Å². The van der Waals surface area contributed by atoms with Gasteiger partial charge in [0, 0.05) is 23.0 Å². The number of anilines is 1. The minimum absolute atomic E-state index is 0.0444. The first-order valence-corrected chi connectivity index (χ1v) is 10.7. The van der Waals surface area contributed by atoms with E-state index in [1.165, 1.54) is 6.07 Å². The van der Waals surface area contributed by atoms with Crippen molar-refractivity contribution in [3.8, 4) is 11.3 Å². The Morgan fingerprint density at radius 1 is 1.13 bits per heavy atom. The molecule has 10 heteroatoms. The monoisotopic (exact) mass is 446 g/mol. The zero-order valence-corrected chi connectivity index (χ0v) is 16.9. The van der Waals surface area contributed by atoms with Crippen molar-refractivity contribution >= 4 is 44.7 Å². The second kappa shape index (κ2) is 7.13. The maximum Gasteiger partial charge on any atom is 0.433 e. The van der Waals surface area contributed by atoms with Crippen LogP contribution >= 0.6 is 22.9 Å². The number of nitrogens with zero attached hydrogens (tertiary/aromatic N) is 3. The molecule has 5 nitrogen and oxygen atoms in total. The Hall–Kier alpha value is -2.85. The van der Waals surface area contributed by atoms with Gasteiger partial charge in [-0.3, -0.25) is 9.78 Å². The van der Waals surface area contributed by atoms with E-state index >= 15 is 0 Å². The van der Waals surface area contributed by atoms with Crippen molar-refractivity contribution in [2.24, 2.45) is 0 Å². The Morgan fingerprint density at radius 2 is 1.97 bits per heavy atom. The quantitative estimate of drug-likeness (QED) is 0.420. The Kier molecular flexibility index (Phi) is 4.55. The van der Waals surface area contributed by atoms with Gasteiger partial charge < -0.3 is 5.32 Å². The highest BCUT2D eigenvalue weighted by Crippen LogP contribution is 2.47. The number of alkyl halides is 3. The lowest BCUT2D eigenvalue weighted by atomic mass is 10.0. The Morgan fingerprint density at radius 3 is 2.73 bits per heavy atom. The maximum atomic E-state index is 12.9. The molecule has 4 aromatic rings. The van der Waals surface area contributed by atoms with Crippen LogP contribution in [0.2, 0.25) is 0 Å². The predicted molar refractivity (Wildman–Crippen MR) is 110 cm³/mol. The van der Waals surface area contributed by atoms with E-state index in [1.807, 2.05) is 18.2 Å². The number of carbonyl (C=O) groups excluding carboxylic acids is 1. The predicted octanol–water partition coefficient (Wildman–Crippen LogP) is 5.96. The van der Waals surface area contributed by atoms with E-state index in [-0.39, 0.29) is 11.6 Å². The normalized spacial score (nSPS) is 14.2. The van der Waals surface area contributed by atoms with Crippen molar-refractivity contribution in [3.63, 3.8) is 0 Å². The van der Waals surface area contributed by atoms with Crippen LogP contribution in [-0.2, 0) is 6.18 Å². The minimum Gasteiger partial charge on any atom is -0.321 e. The zero-order chi connectivity index (χ0) is 20.9. The number of thiazole rings is 1. The van der Waals surface area contributed by atoms with Crippen LogP contribution in [0.15, 0.2) is 42.0 Å². The summed E-state index contributed by atoms with van der Waals surface area (Å²) in [4.78, 5) is 21.0. The highest BCUT2D eigenvalue weighted by Gasteiger charge is 2.35. The number of hydrogen-bond acceptors (Lipinski definition) is 6. The molecule has 0 unspecified atom stereocenters. The van der Waals surface area contributed by atoms with Gasteiger partial charge in [0.1, 0.15) is 10.6 Å². The number of rotatable bonds is 4. The molecule has 0 aliphatic heterocycles. The lowest BCUT2D eigenvalue weighted by molar-refractivity contribution is -0.141. The summed E-state index contributed by atoms with van der Waals surface area (Å²) in [5.41, 5.74) is 4.13. The summed E-state index contributed by atoms with van der Waals surface area (Å²) in [5, 5.41) is 2.56. The van der Waals surface area contributed by atoms with Crippen molar-refractivity contribution in [1.29, 1.82) is 0 Å². The van der Waals surface area contributed by atoms with Gasteiger partial charge in [-0.25, -0.2) is 4.98 Å². The molecule has 0 saturated heterocycles. The van der Waals surface area contributed by atoms with Gasteiger partial charge in [-0.1, -0.05) is 6.07 Å². The van der Waals surface area contributed by atoms with Crippen LogP contribution in [0, 0.1) is 0 Å². The molecule has 30 heavy (non-hydrogen) atoms. The minimum atomic E-state index is -4.58. The first kappa shape index (κ1) is 19.1. The largest absolute Gasteiger partial charge is 0.433 e. The second-order valence-corrected chi connectivity index (χ2v) is 8.62. The van der Waals surface area contributed by atoms with E-state index < -0.39 is 17.8 Å². The zero-order valence-electron chi connectivity index (χ0n) is 15.2. The fourth-order valence-electron chi connectivity index (χ4n) is 3.28. The van der Waals surface area contributed by atoms with Crippen LogP contribution in [0.1, 0.15) is 39.7 Å². The Labute approximate surface area is 176 Å². The third-order valence-electron chi connectivity index (χ3n) is 4.83. The van der Waals surface area contributed by atoms with Gasteiger partial charge in [0.15, 0.2) is 0 Å². The number of nitrogens with one attached hydrogen (secondary N) is 1. The molecule has 1 amide bonds. The summed E-state index contributed by atoms with van der Waals surface area (Å²) in [5.74, 6) is -0.233. The van der Waals surface area contributed by atoms with Crippen LogP contribution in [0.3, 0.4) is 0 Å².